The van der Waals surface area contributed by atoms with E-state index < -0.39 is 30.2 Å². The molecule has 1 aliphatic rings. The minimum atomic E-state index is -4.54. The molecule has 0 saturated carbocycles. The Morgan fingerprint density at radius 1 is 1.27 bits per heavy atom. The van der Waals surface area contributed by atoms with Crippen molar-refractivity contribution in [3.05, 3.63) is 46.9 Å². The lowest BCUT2D eigenvalue weighted by Crippen LogP contribution is -2.41. The zero-order valence-electron chi connectivity index (χ0n) is 18.9. The molecule has 33 heavy (non-hydrogen) atoms. The molecule has 0 N–H and O–H groups in total. The molecule has 10 heteroatoms. The van der Waals surface area contributed by atoms with E-state index in [9.17, 15) is 22.8 Å². The first kappa shape index (κ1) is 24.8. The molecule has 3 heterocycles. The molecule has 180 valence electrons. The first-order valence-corrected chi connectivity index (χ1v) is 10.8. The lowest BCUT2D eigenvalue weighted by Gasteiger charge is -2.33. The van der Waals surface area contributed by atoms with Gasteiger partial charge in [-0.05, 0) is 44.9 Å². The highest BCUT2D eigenvalue weighted by Gasteiger charge is 2.37. The van der Waals surface area contributed by atoms with Gasteiger partial charge in [0.05, 0.1) is 18.1 Å². The van der Waals surface area contributed by atoms with Crippen LogP contribution in [0.5, 0.6) is 0 Å². The van der Waals surface area contributed by atoms with Gasteiger partial charge in [-0.3, -0.25) is 9.59 Å². The van der Waals surface area contributed by atoms with E-state index in [4.69, 9.17) is 9.47 Å². The van der Waals surface area contributed by atoms with Gasteiger partial charge in [0.1, 0.15) is 5.82 Å². The van der Waals surface area contributed by atoms with Crippen LogP contribution in [0, 0.1) is 19.8 Å². The Morgan fingerprint density at radius 3 is 2.73 bits per heavy atom. The number of hydrogen-bond acceptors (Lipinski definition) is 6. The summed E-state index contributed by atoms with van der Waals surface area (Å²) in [6.07, 6.45) is -2.25. The van der Waals surface area contributed by atoms with Gasteiger partial charge in [0, 0.05) is 49.9 Å². The van der Waals surface area contributed by atoms with E-state index in [1.807, 2.05) is 18.4 Å². The number of anilines is 1. The van der Waals surface area contributed by atoms with Gasteiger partial charge in [0.2, 0.25) is 5.78 Å². The SMILES string of the molecule is COCCn1c(C)cc(C(=O)COC(=O)C2CCCN(c3ncccc3C(F)(F)F)C2)c1C. The van der Waals surface area contributed by atoms with Crippen LogP contribution in [-0.4, -0.2) is 54.7 Å². The highest BCUT2D eigenvalue weighted by molar-refractivity contribution is 5.99. The summed E-state index contributed by atoms with van der Waals surface area (Å²) in [6.45, 7) is 4.81. The van der Waals surface area contributed by atoms with Crippen LogP contribution in [0.25, 0.3) is 0 Å². The second-order valence-corrected chi connectivity index (χ2v) is 8.12. The molecular formula is C23H28F3N3O4. The summed E-state index contributed by atoms with van der Waals surface area (Å²) in [6, 6.07) is 3.97. The van der Waals surface area contributed by atoms with Crippen molar-refractivity contribution in [2.75, 3.05) is 38.3 Å². The Kier molecular flexibility index (Phi) is 7.78. The van der Waals surface area contributed by atoms with Crippen molar-refractivity contribution in [3.63, 3.8) is 0 Å². The van der Waals surface area contributed by atoms with Crippen molar-refractivity contribution in [2.45, 2.75) is 39.4 Å². The van der Waals surface area contributed by atoms with Crippen LogP contribution in [0.2, 0.25) is 0 Å². The third kappa shape index (κ3) is 5.73. The van der Waals surface area contributed by atoms with Crippen LogP contribution < -0.4 is 4.90 Å². The smallest absolute Gasteiger partial charge is 0.419 e. The molecule has 1 atom stereocenters. The number of Topliss-reactive ketones (excluding diaryl/α,β-unsaturated/α-hetero) is 1. The first-order valence-electron chi connectivity index (χ1n) is 10.8. The Hall–Kier alpha value is -2.88. The Morgan fingerprint density at radius 2 is 2.03 bits per heavy atom. The van der Waals surface area contributed by atoms with Crippen molar-refractivity contribution < 1.29 is 32.2 Å². The predicted molar refractivity (Wildman–Crippen MR) is 115 cm³/mol. The maximum atomic E-state index is 13.4. The average molecular weight is 467 g/mol. The Labute approximate surface area is 190 Å². The molecule has 1 saturated heterocycles. The Balaban J connectivity index is 1.63. The van der Waals surface area contributed by atoms with E-state index in [1.165, 1.54) is 17.2 Å². The number of aryl methyl sites for hydroxylation is 1. The normalized spacial score (nSPS) is 16.7. The number of rotatable bonds is 8. The number of ether oxygens (including phenoxy) is 2. The maximum absolute atomic E-state index is 13.4. The second kappa shape index (κ2) is 10.4. The molecule has 1 aliphatic heterocycles. The number of ketones is 1. The van der Waals surface area contributed by atoms with Crippen LogP contribution in [0.3, 0.4) is 0 Å². The summed E-state index contributed by atoms with van der Waals surface area (Å²) in [5, 5.41) is 0. The zero-order valence-corrected chi connectivity index (χ0v) is 18.9. The predicted octanol–water partition coefficient (Wildman–Crippen LogP) is 3.81. The van der Waals surface area contributed by atoms with Crippen LogP contribution in [-0.2, 0) is 27.0 Å². The summed E-state index contributed by atoms with van der Waals surface area (Å²) < 4.78 is 52.4. The molecule has 3 rings (SSSR count). The molecule has 2 aromatic rings. The molecule has 0 aliphatic carbocycles. The molecule has 1 fully saturated rings. The second-order valence-electron chi connectivity index (χ2n) is 8.12. The molecule has 1 unspecified atom stereocenters. The van der Waals surface area contributed by atoms with Gasteiger partial charge in [-0.15, -0.1) is 0 Å². The van der Waals surface area contributed by atoms with Crippen molar-refractivity contribution in [2.24, 2.45) is 5.92 Å². The molecule has 2 aromatic heterocycles. The largest absolute Gasteiger partial charge is 0.457 e. The lowest BCUT2D eigenvalue weighted by molar-refractivity contribution is -0.147. The number of piperidine rings is 1. The highest BCUT2D eigenvalue weighted by Crippen LogP contribution is 2.36. The molecule has 0 radical (unpaired) electrons. The molecular weight excluding hydrogens is 439 g/mol. The summed E-state index contributed by atoms with van der Waals surface area (Å²) in [5.74, 6) is -1.74. The minimum Gasteiger partial charge on any atom is -0.457 e. The van der Waals surface area contributed by atoms with Gasteiger partial charge in [0.25, 0.3) is 0 Å². The summed E-state index contributed by atoms with van der Waals surface area (Å²) >= 11 is 0. The fraction of sp³-hybridized carbons (Fsp3) is 0.522. The van der Waals surface area contributed by atoms with Crippen molar-refractivity contribution in [1.29, 1.82) is 0 Å². The van der Waals surface area contributed by atoms with E-state index in [0.29, 0.717) is 38.1 Å². The molecule has 0 amide bonds. The standard InChI is InChI=1S/C23H28F3N3O4/c1-15-12-18(16(2)29(15)10-11-32-3)20(30)14-33-22(31)17-6-5-9-28(13-17)21-19(23(24,25)26)7-4-8-27-21/h4,7-8,12,17H,5-6,9-11,13-14H2,1-3H3. The van der Waals surface area contributed by atoms with Crippen LogP contribution >= 0.6 is 0 Å². The van der Waals surface area contributed by atoms with Crippen molar-refractivity contribution in [3.8, 4) is 0 Å². The number of nitrogens with zero attached hydrogens (tertiary/aromatic N) is 3. The number of halogens is 3. The van der Waals surface area contributed by atoms with E-state index >= 15 is 0 Å². The topological polar surface area (TPSA) is 73.7 Å². The van der Waals surface area contributed by atoms with Crippen LogP contribution in [0.15, 0.2) is 24.4 Å². The number of hydrogen-bond donors (Lipinski definition) is 0. The number of aromatic nitrogens is 2. The van der Waals surface area contributed by atoms with E-state index in [2.05, 4.69) is 4.98 Å². The van der Waals surface area contributed by atoms with Gasteiger partial charge in [-0.2, -0.15) is 13.2 Å². The van der Waals surface area contributed by atoms with Crippen molar-refractivity contribution >= 4 is 17.6 Å². The van der Waals surface area contributed by atoms with Gasteiger partial charge >= 0.3 is 12.1 Å². The monoisotopic (exact) mass is 467 g/mol. The first-order chi connectivity index (χ1) is 15.6. The fourth-order valence-electron chi connectivity index (χ4n) is 4.17. The Bertz CT molecular complexity index is 1000. The van der Waals surface area contributed by atoms with Gasteiger partial charge in [0.15, 0.2) is 6.61 Å². The zero-order chi connectivity index (χ0) is 24.2. The number of carbonyl (C=O) groups is 2. The van der Waals surface area contributed by atoms with Gasteiger partial charge < -0.3 is 18.9 Å². The maximum Gasteiger partial charge on any atom is 0.419 e. The fourth-order valence-corrected chi connectivity index (χ4v) is 4.17. The van der Waals surface area contributed by atoms with Gasteiger partial charge in [-0.1, -0.05) is 0 Å². The number of esters is 1. The molecule has 0 spiro atoms. The van der Waals surface area contributed by atoms with Crippen molar-refractivity contribution in [1.82, 2.24) is 9.55 Å². The van der Waals surface area contributed by atoms with E-state index in [0.717, 1.165) is 17.5 Å². The lowest BCUT2D eigenvalue weighted by atomic mass is 9.97. The molecule has 0 aromatic carbocycles. The van der Waals surface area contributed by atoms with Crippen LogP contribution in [0.4, 0.5) is 19.0 Å². The van der Waals surface area contributed by atoms with Crippen LogP contribution in [0.1, 0.15) is 40.2 Å². The summed E-state index contributed by atoms with van der Waals surface area (Å²) in [4.78, 5) is 30.7. The summed E-state index contributed by atoms with van der Waals surface area (Å²) in [5.41, 5.74) is 1.31. The average Bonchev–Trinajstić information content (AvgIpc) is 3.08. The summed E-state index contributed by atoms with van der Waals surface area (Å²) in [7, 11) is 1.60. The van der Waals surface area contributed by atoms with E-state index in [-0.39, 0.29) is 18.1 Å². The molecule has 7 nitrogen and oxygen atoms in total. The minimum absolute atomic E-state index is 0.0542. The number of carbonyl (C=O) groups excluding carboxylic acids is 2. The third-order valence-corrected chi connectivity index (χ3v) is 5.88. The number of alkyl halides is 3. The van der Waals surface area contributed by atoms with E-state index in [1.54, 1.807) is 13.2 Å². The highest BCUT2D eigenvalue weighted by atomic mass is 19.4. The third-order valence-electron chi connectivity index (χ3n) is 5.88. The quantitative estimate of drug-likeness (QED) is 0.434. The number of methoxy groups -OCH3 is 1. The van der Waals surface area contributed by atoms with Gasteiger partial charge in [-0.25, -0.2) is 4.98 Å². The molecule has 0 bridgehead atoms. The number of pyridine rings is 1.